The largest absolute Gasteiger partial charge is 0.471 e. The van der Waals surface area contributed by atoms with Crippen molar-refractivity contribution in [1.29, 1.82) is 0 Å². The fourth-order valence-corrected chi connectivity index (χ4v) is 1.47. The molecule has 1 heterocycles. The predicted octanol–water partition coefficient (Wildman–Crippen LogP) is 0.0250. The average molecular weight is 210 g/mol. The van der Waals surface area contributed by atoms with Gasteiger partial charge in [0.15, 0.2) is 0 Å². The molecule has 0 radical (unpaired) electrons. The van der Waals surface area contributed by atoms with Gasteiger partial charge in [-0.3, -0.25) is 9.59 Å². The van der Waals surface area contributed by atoms with Gasteiger partial charge in [0.05, 0.1) is 0 Å². The molecular formula is C7H9F3N2O2. The molecule has 0 aromatic carbocycles. The van der Waals surface area contributed by atoms with Crippen molar-refractivity contribution in [3.05, 3.63) is 0 Å². The normalized spacial score (nSPS) is 22.5. The third kappa shape index (κ3) is 1.97. The van der Waals surface area contributed by atoms with Crippen molar-refractivity contribution in [2.75, 3.05) is 6.54 Å². The molecule has 0 aromatic rings. The first-order chi connectivity index (χ1) is 6.34. The summed E-state index contributed by atoms with van der Waals surface area (Å²) in [7, 11) is 0. The van der Waals surface area contributed by atoms with E-state index in [0.717, 1.165) is 0 Å². The summed E-state index contributed by atoms with van der Waals surface area (Å²) in [4.78, 5) is 22.0. The standard InChI is InChI=1S/C7H9F3N2O2/c8-7(9,10)6(14)12-3-1-2-4(12)5(11)13/h4H,1-3H2,(H2,11,13)/t4-/m1/s1. The first kappa shape index (κ1) is 10.8. The molecule has 0 saturated carbocycles. The van der Waals surface area contributed by atoms with Crippen LogP contribution < -0.4 is 5.73 Å². The van der Waals surface area contributed by atoms with Gasteiger partial charge in [-0.05, 0) is 12.8 Å². The Morgan fingerprint density at radius 1 is 1.36 bits per heavy atom. The molecule has 0 aromatic heterocycles. The lowest BCUT2D eigenvalue weighted by molar-refractivity contribution is -0.186. The molecule has 1 aliphatic heterocycles. The summed E-state index contributed by atoms with van der Waals surface area (Å²) >= 11 is 0. The highest BCUT2D eigenvalue weighted by molar-refractivity contribution is 5.89. The first-order valence-electron chi connectivity index (χ1n) is 4.01. The molecule has 7 heteroatoms. The Morgan fingerprint density at radius 3 is 2.36 bits per heavy atom. The van der Waals surface area contributed by atoms with Gasteiger partial charge < -0.3 is 10.6 Å². The Labute approximate surface area is 77.8 Å². The number of hydrogen-bond acceptors (Lipinski definition) is 2. The topological polar surface area (TPSA) is 63.4 Å². The molecule has 2 N–H and O–H groups in total. The number of alkyl halides is 3. The summed E-state index contributed by atoms with van der Waals surface area (Å²) in [5.74, 6) is -2.88. The number of amides is 2. The van der Waals surface area contributed by atoms with Crippen LogP contribution >= 0.6 is 0 Å². The van der Waals surface area contributed by atoms with Gasteiger partial charge in [0.1, 0.15) is 6.04 Å². The number of primary amides is 1. The molecule has 0 bridgehead atoms. The number of halogens is 3. The summed E-state index contributed by atoms with van der Waals surface area (Å²) in [5, 5.41) is 0. The minimum atomic E-state index is -4.93. The molecule has 1 saturated heterocycles. The number of hydrogen-bond donors (Lipinski definition) is 1. The first-order valence-corrected chi connectivity index (χ1v) is 4.01. The highest BCUT2D eigenvalue weighted by atomic mass is 19.4. The lowest BCUT2D eigenvalue weighted by Crippen LogP contribution is -2.48. The van der Waals surface area contributed by atoms with Crippen molar-refractivity contribution in [2.24, 2.45) is 5.73 Å². The molecule has 80 valence electrons. The number of rotatable bonds is 1. The molecule has 0 unspecified atom stereocenters. The number of likely N-dealkylation sites (tertiary alicyclic amines) is 1. The van der Waals surface area contributed by atoms with E-state index in [9.17, 15) is 22.8 Å². The van der Waals surface area contributed by atoms with Crippen LogP contribution in [0.5, 0.6) is 0 Å². The third-order valence-electron chi connectivity index (χ3n) is 2.08. The third-order valence-corrected chi connectivity index (χ3v) is 2.08. The molecule has 4 nitrogen and oxygen atoms in total. The Hall–Kier alpha value is -1.27. The van der Waals surface area contributed by atoms with Gasteiger partial charge in [-0.1, -0.05) is 0 Å². The molecular weight excluding hydrogens is 201 g/mol. The highest BCUT2D eigenvalue weighted by Crippen LogP contribution is 2.25. The fourth-order valence-electron chi connectivity index (χ4n) is 1.47. The summed E-state index contributed by atoms with van der Waals surface area (Å²) in [5.41, 5.74) is 4.87. The average Bonchev–Trinajstić information content (AvgIpc) is 2.48. The second kappa shape index (κ2) is 3.47. The SMILES string of the molecule is NC(=O)[C@H]1CCCN1C(=O)C(F)(F)F. The highest BCUT2D eigenvalue weighted by Gasteiger charge is 2.47. The molecule has 14 heavy (non-hydrogen) atoms. The zero-order valence-electron chi connectivity index (χ0n) is 7.17. The van der Waals surface area contributed by atoms with E-state index in [2.05, 4.69) is 0 Å². The number of nitrogens with two attached hydrogens (primary N) is 1. The van der Waals surface area contributed by atoms with Crippen LogP contribution in [0.15, 0.2) is 0 Å². The van der Waals surface area contributed by atoms with E-state index in [1.807, 2.05) is 0 Å². The van der Waals surface area contributed by atoms with E-state index in [1.54, 1.807) is 0 Å². The summed E-state index contributed by atoms with van der Waals surface area (Å²) in [6.07, 6.45) is -4.36. The molecule has 0 aliphatic carbocycles. The molecule has 1 fully saturated rings. The van der Waals surface area contributed by atoms with Crippen LogP contribution in [0.2, 0.25) is 0 Å². The summed E-state index contributed by atoms with van der Waals surface area (Å²) in [6, 6.07) is -1.11. The Balaban J connectivity index is 2.77. The Morgan fingerprint density at radius 2 is 1.93 bits per heavy atom. The number of nitrogens with zero attached hydrogens (tertiary/aromatic N) is 1. The van der Waals surface area contributed by atoms with Crippen molar-refractivity contribution >= 4 is 11.8 Å². The van der Waals surface area contributed by atoms with E-state index in [-0.39, 0.29) is 13.0 Å². The number of carbonyl (C=O) groups excluding carboxylic acids is 2. The van der Waals surface area contributed by atoms with E-state index >= 15 is 0 Å². The number of carbonyl (C=O) groups is 2. The minimum absolute atomic E-state index is 0.0635. The van der Waals surface area contributed by atoms with Crippen LogP contribution in [-0.4, -0.2) is 35.5 Å². The minimum Gasteiger partial charge on any atom is -0.368 e. The van der Waals surface area contributed by atoms with Gasteiger partial charge in [-0.15, -0.1) is 0 Å². The van der Waals surface area contributed by atoms with Crippen molar-refractivity contribution in [2.45, 2.75) is 25.1 Å². The molecule has 1 rings (SSSR count). The van der Waals surface area contributed by atoms with Crippen LogP contribution in [0.25, 0.3) is 0 Å². The van der Waals surface area contributed by atoms with Crippen molar-refractivity contribution in [3.8, 4) is 0 Å². The van der Waals surface area contributed by atoms with Crippen molar-refractivity contribution in [1.82, 2.24) is 4.90 Å². The van der Waals surface area contributed by atoms with E-state index in [1.165, 1.54) is 0 Å². The van der Waals surface area contributed by atoms with Crippen LogP contribution in [0.3, 0.4) is 0 Å². The van der Waals surface area contributed by atoms with Crippen LogP contribution in [-0.2, 0) is 9.59 Å². The molecule has 1 aliphatic rings. The van der Waals surface area contributed by atoms with E-state index < -0.39 is 24.0 Å². The maximum atomic E-state index is 12.0. The van der Waals surface area contributed by atoms with Gasteiger partial charge in [0.25, 0.3) is 0 Å². The Bertz CT molecular complexity index is 264. The molecule has 1 atom stereocenters. The van der Waals surface area contributed by atoms with Crippen molar-refractivity contribution < 1.29 is 22.8 Å². The van der Waals surface area contributed by atoms with Gasteiger partial charge >= 0.3 is 12.1 Å². The van der Waals surface area contributed by atoms with E-state index in [0.29, 0.717) is 11.3 Å². The summed E-state index contributed by atoms with van der Waals surface area (Å²) in [6.45, 7) is -0.0635. The maximum Gasteiger partial charge on any atom is 0.471 e. The second-order valence-corrected chi connectivity index (χ2v) is 3.06. The zero-order chi connectivity index (χ0) is 10.9. The quantitative estimate of drug-likeness (QED) is 0.663. The van der Waals surface area contributed by atoms with Gasteiger partial charge in [0.2, 0.25) is 5.91 Å². The van der Waals surface area contributed by atoms with Crippen LogP contribution in [0.4, 0.5) is 13.2 Å². The maximum absolute atomic E-state index is 12.0. The lowest BCUT2D eigenvalue weighted by atomic mass is 10.2. The smallest absolute Gasteiger partial charge is 0.368 e. The lowest BCUT2D eigenvalue weighted by Gasteiger charge is -2.22. The monoisotopic (exact) mass is 210 g/mol. The van der Waals surface area contributed by atoms with Gasteiger partial charge in [0, 0.05) is 6.54 Å². The second-order valence-electron chi connectivity index (χ2n) is 3.06. The van der Waals surface area contributed by atoms with Crippen LogP contribution in [0, 0.1) is 0 Å². The molecule has 0 spiro atoms. The summed E-state index contributed by atoms with van der Waals surface area (Å²) < 4.78 is 36.0. The van der Waals surface area contributed by atoms with Crippen LogP contribution in [0.1, 0.15) is 12.8 Å². The molecule has 2 amide bonds. The van der Waals surface area contributed by atoms with Gasteiger partial charge in [-0.2, -0.15) is 13.2 Å². The van der Waals surface area contributed by atoms with Gasteiger partial charge in [-0.25, -0.2) is 0 Å². The zero-order valence-corrected chi connectivity index (χ0v) is 7.17. The van der Waals surface area contributed by atoms with E-state index in [4.69, 9.17) is 5.73 Å². The fraction of sp³-hybridized carbons (Fsp3) is 0.714. The Kier molecular flexibility index (Phi) is 2.68. The predicted molar refractivity (Wildman–Crippen MR) is 40.0 cm³/mol. The van der Waals surface area contributed by atoms with Crippen molar-refractivity contribution in [3.63, 3.8) is 0 Å².